The van der Waals surface area contributed by atoms with Crippen molar-refractivity contribution < 1.29 is 19.1 Å². The van der Waals surface area contributed by atoms with Crippen molar-refractivity contribution in [2.75, 3.05) is 26.9 Å². The molecule has 0 radical (unpaired) electrons. The van der Waals surface area contributed by atoms with Gasteiger partial charge in [0, 0.05) is 13.7 Å². The molecule has 15 heavy (non-hydrogen) atoms. The fraction of sp³-hybridized carbons (Fsp3) is 0.900. The molecule has 5 nitrogen and oxygen atoms in total. The van der Waals surface area contributed by atoms with Crippen molar-refractivity contribution in [2.45, 2.75) is 33.3 Å². The highest BCUT2D eigenvalue weighted by atomic mass is 16.7. The van der Waals surface area contributed by atoms with Gasteiger partial charge in [0.25, 0.3) is 0 Å². The molecule has 0 aromatic rings. The summed E-state index contributed by atoms with van der Waals surface area (Å²) in [6.07, 6.45) is -0.501. The fourth-order valence-corrected chi connectivity index (χ4v) is 0.756. The summed E-state index contributed by atoms with van der Waals surface area (Å²) in [5.74, 6) is 0. The third-order valence-electron chi connectivity index (χ3n) is 1.37. The maximum atomic E-state index is 11.4. The molecule has 0 atom stereocenters. The van der Waals surface area contributed by atoms with Crippen LogP contribution < -0.4 is 0 Å². The van der Waals surface area contributed by atoms with E-state index in [0.717, 1.165) is 5.06 Å². The Morgan fingerprint density at radius 3 is 2.33 bits per heavy atom. The van der Waals surface area contributed by atoms with E-state index in [0.29, 0.717) is 19.8 Å². The Morgan fingerprint density at radius 2 is 1.87 bits per heavy atom. The molecule has 0 aliphatic heterocycles. The van der Waals surface area contributed by atoms with Gasteiger partial charge in [-0.3, -0.25) is 4.84 Å². The molecule has 0 rings (SSSR count). The highest BCUT2D eigenvalue weighted by Crippen LogP contribution is 2.08. The van der Waals surface area contributed by atoms with E-state index < -0.39 is 11.7 Å². The zero-order valence-corrected chi connectivity index (χ0v) is 10.2. The van der Waals surface area contributed by atoms with Crippen LogP contribution in [0.2, 0.25) is 0 Å². The van der Waals surface area contributed by atoms with Gasteiger partial charge in [-0.15, -0.1) is 0 Å². The third-order valence-corrected chi connectivity index (χ3v) is 1.37. The molecular weight excluding hydrogens is 198 g/mol. The average Bonchev–Trinajstić information content (AvgIpc) is 2.09. The Morgan fingerprint density at radius 1 is 1.27 bits per heavy atom. The molecule has 0 heterocycles. The first-order valence-electron chi connectivity index (χ1n) is 5.04. The van der Waals surface area contributed by atoms with Crippen molar-refractivity contribution in [3.8, 4) is 0 Å². The number of carbonyl (C=O) groups is 1. The summed E-state index contributed by atoms with van der Waals surface area (Å²) in [7, 11) is 1.51. The monoisotopic (exact) mass is 219 g/mol. The van der Waals surface area contributed by atoms with Crippen LogP contribution in [0.25, 0.3) is 0 Å². The predicted molar refractivity (Wildman–Crippen MR) is 56.4 cm³/mol. The van der Waals surface area contributed by atoms with Gasteiger partial charge >= 0.3 is 6.09 Å². The minimum absolute atomic E-state index is 0.337. The topological polar surface area (TPSA) is 48.0 Å². The Labute approximate surface area is 91.2 Å². The molecule has 0 bridgehead atoms. The zero-order valence-electron chi connectivity index (χ0n) is 10.2. The number of hydroxylamine groups is 2. The normalized spacial score (nSPS) is 11.3. The van der Waals surface area contributed by atoms with Crippen LogP contribution in [0.1, 0.15) is 27.7 Å². The van der Waals surface area contributed by atoms with Crippen LogP contribution >= 0.6 is 0 Å². The molecule has 0 N–H and O–H groups in total. The number of amides is 1. The molecule has 90 valence electrons. The van der Waals surface area contributed by atoms with Gasteiger partial charge in [-0.25, -0.2) is 4.79 Å². The van der Waals surface area contributed by atoms with Crippen molar-refractivity contribution >= 4 is 6.09 Å². The van der Waals surface area contributed by atoms with Gasteiger partial charge in [-0.1, -0.05) is 0 Å². The van der Waals surface area contributed by atoms with E-state index in [2.05, 4.69) is 0 Å². The highest BCUT2D eigenvalue weighted by molar-refractivity contribution is 5.66. The van der Waals surface area contributed by atoms with E-state index in [1.165, 1.54) is 7.05 Å². The van der Waals surface area contributed by atoms with Crippen molar-refractivity contribution in [3.05, 3.63) is 0 Å². The van der Waals surface area contributed by atoms with Crippen molar-refractivity contribution in [2.24, 2.45) is 0 Å². The molecule has 0 saturated heterocycles. The molecular formula is C10H21NO4. The first-order chi connectivity index (χ1) is 6.87. The van der Waals surface area contributed by atoms with Crippen LogP contribution in [0.5, 0.6) is 0 Å². The molecule has 0 aromatic carbocycles. The van der Waals surface area contributed by atoms with Gasteiger partial charge in [0.05, 0.1) is 13.2 Å². The third kappa shape index (κ3) is 8.20. The van der Waals surface area contributed by atoms with Crippen LogP contribution in [0, 0.1) is 0 Å². The summed E-state index contributed by atoms with van der Waals surface area (Å²) in [4.78, 5) is 16.4. The second kappa shape index (κ2) is 6.63. The van der Waals surface area contributed by atoms with Gasteiger partial charge in [0.15, 0.2) is 0 Å². The minimum Gasteiger partial charge on any atom is -0.442 e. The predicted octanol–water partition coefficient (Wildman–Crippen LogP) is 1.82. The maximum absolute atomic E-state index is 11.4. The van der Waals surface area contributed by atoms with Crippen molar-refractivity contribution in [1.29, 1.82) is 0 Å². The Bertz CT molecular complexity index is 188. The van der Waals surface area contributed by atoms with E-state index >= 15 is 0 Å². The van der Waals surface area contributed by atoms with Crippen LogP contribution in [0.3, 0.4) is 0 Å². The molecule has 5 heteroatoms. The lowest BCUT2D eigenvalue weighted by atomic mass is 10.2. The molecule has 0 aliphatic carbocycles. The second-order valence-electron chi connectivity index (χ2n) is 4.01. The number of hydrogen-bond acceptors (Lipinski definition) is 4. The summed E-state index contributed by atoms with van der Waals surface area (Å²) in [6.45, 7) is 8.75. The molecule has 0 aliphatic rings. The quantitative estimate of drug-likeness (QED) is 0.522. The van der Waals surface area contributed by atoms with E-state index in [-0.39, 0.29) is 0 Å². The van der Waals surface area contributed by atoms with Gasteiger partial charge in [-0.05, 0) is 27.7 Å². The van der Waals surface area contributed by atoms with E-state index in [4.69, 9.17) is 14.3 Å². The smallest absolute Gasteiger partial charge is 0.434 e. The molecule has 0 spiro atoms. The molecule has 0 saturated carbocycles. The summed E-state index contributed by atoms with van der Waals surface area (Å²) < 4.78 is 10.1. The van der Waals surface area contributed by atoms with Crippen molar-refractivity contribution in [1.82, 2.24) is 5.06 Å². The van der Waals surface area contributed by atoms with Crippen LogP contribution in [0.4, 0.5) is 4.79 Å². The van der Waals surface area contributed by atoms with E-state index in [1.807, 2.05) is 6.92 Å². The Balaban J connectivity index is 3.70. The number of hydrogen-bond donors (Lipinski definition) is 0. The standard InChI is InChI=1S/C10H21NO4/c1-6-13-7-8-14-11(5)9(12)15-10(2,3)4/h6-8H2,1-5H3. The SMILES string of the molecule is CCOCCON(C)C(=O)OC(C)(C)C. The number of nitrogens with zero attached hydrogens (tertiary/aromatic N) is 1. The first-order valence-corrected chi connectivity index (χ1v) is 5.04. The Kier molecular flexibility index (Phi) is 6.27. The first kappa shape index (κ1) is 14.2. The Hall–Kier alpha value is -0.810. The maximum Gasteiger partial charge on any atom is 0.434 e. The van der Waals surface area contributed by atoms with Gasteiger partial charge in [0.2, 0.25) is 0 Å². The van der Waals surface area contributed by atoms with Crippen LogP contribution in [-0.2, 0) is 14.3 Å². The number of ether oxygens (including phenoxy) is 2. The van der Waals surface area contributed by atoms with Gasteiger partial charge in [-0.2, -0.15) is 5.06 Å². The lowest BCUT2D eigenvalue weighted by Gasteiger charge is -2.23. The average molecular weight is 219 g/mol. The van der Waals surface area contributed by atoms with Crippen LogP contribution in [0.15, 0.2) is 0 Å². The highest BCUT2D eigenvalue weighted by Gasteiger charge is 2.19. The molecule has 1 amide bonds. The van der Waals surface area contributed by atoms with E-state index in [9.17, 15) is 4.79 Å². The van der Waals surface area contributed by atoms with E-state index in [1.54, 1.807) is 20.8 Å². The summed E-state index contributed by atoms with van der Waals surface area (Å²) in [5.41, 5.74) is -0.505. The molecule has 0 fully saturated rings. The lowest BCUT2D eigenvalue weighted by molar-refractivity contribution is -0.141. The molecule has 0 aromatic heterocycles. The number of rotatable bonds is 5. The molecule has 0 unspecified atom stereocenters. The van der Waals surface area contributed by atoms with Crippen LogP contribution in [-0.4, -0.2) is 43.6 Å². The largest absolute Gasteiger partial charge is 0.442 e. The second-order valence-corrected chi connectivity index (χ2v) is 4.01. The summed E-state index contributed by atoms with van der Waals surface area (Å²) >= 11 is 0. The fourth-order valence-electron chi connectivity index (χ4n) is 0.756. The summed E-state index contributed by atoms with van der Waals surface area (Å²) in [6, 6.07) is 0. The van der Waals surface area contributed by atoms with Gasteiger partial charge in [0.1, 0.15) is 5.60 Å². The zero-order chi connectivity index (χ0) is 11.9. The van der Waals surface area contributed by atoms with Crippen molar-refractivity contribution in [3.63, 3.8) is 0 Å². The number of carbonyl (C=O) groups excluding carboxylic acids is 1. The summed E-state index contributed by atoms with van der Waals surface area (Å²) in [5, 5.41) is 1.07. The van der Waals surface area contributed by atoms with Gasteiger partial charge < -0.3 is 9.47 Å². The lowest BCUT2D eigenvalue weighted by Crippen LogP contribution is -2.34. The minimum atomic E-state index is -0.505.